The van der Waals surface area contributed by atoms with E-state index >= 15 is 0 Å². The number of halogens is 2. The summed E-state index contributed by atoms with van der Waals surface area (Å²) in [6.45, 7) is 0. The molecule has 1 aromatic carbocycles. The summed E-state index contributed by atoms with van der Waals surface area (Å²) in [5.74, 6) is -2.17. The molecule has 0 aliphatic heterocycles. The molecule has 3 N–H and O–H groups in total. The van der Waals surface area contributed by atoms with Crippen LogP contribution in [-0.2, 0) is 10.0 Å². The minimum Gasteiger partial charge on any atom is -0.357 e. The number of nitrogens with two attached hydrogens (primary N) is 1. The van der Waals surface area contributed by atoms with E-state index in [0.717, 1.165) is 18.3 Å². The second kappa shape index (κ2) is 3.01. The number of hydrogen-bond acceptors (Lipinski definition) is 2. The van der Waals surface area contributed by atoms with Crippen molar-refractivity contribution < 1.29 is 17.2 Å². The smallest absolute Gasteiger partial charge is 0.240 e. The monoisotopic (exact) mass is 232 g/mol. The standard InChI is InChI=1S/C8H6F2N2O2S/c9-5-2-1-4-6(15(11,13)14)3-12-8(4)7(5)10/h1-3,12H,(H2,11,13,14). The zero-order valence-corrected chi connectivity index (χ0v) is 8.11. The van der Waals surface area contributed by atoms with Crippen LogP contribution in [0, 0.1) is 11.6 Å². The van der Waals surface area contributed by atoms with Crippen LogP contribution in [0.15, 0.2) is 23.2 Å². The van der Waals surface area contributed by atoms with Crippen LogP contribution in [0.25, 0.3) is 10.9 Å². The Labute approximate surface area is 83.8 Å². The molecule has 0 spiro atoms. The number of sulfonamides is 1. The zero-order valence-electron chi connectivity index (χ0n) is 7.29. The Morgan fingerprint density at radius 3 is 2.53 bits per heavy atom. The molecule has 0 saturated heterocycles. The summed E-state index contributed by atoms with van der Waals surface area (Å²) >= 11 is 0. The van der Waals surface area contributed by atoms with Crippen molar-refractivity contribution in [1.29, 1.82) is 0 Å². The van der Waals surface area contributed by atoms with E-state index in [1.54, 1.807) is 0 Å². The van der Waals surface area contributed by atoms with Crippen LogP contribution in [0.3, 0.4) is 0 Å². The molecule has 0 bridgehead atoms. The number of fused-ring (bicyclic) bond motifs is 1. The Bertz CT molecular complexity index is 633. The van der Waals surface area contributed by atoms with Gasteiger partial charge in [-0.3, -0.25) is 0 Å². The fourth-order valence-corrected chi connectivity index (χ4v) is 2.05. The van der Waals surface area contributed by atoms with E-state index in [4.69, 9.17) is 5.14 Å². The third kappa shape index (κ3) is 1.49. The van der Waals surface area contributed by atoms with Gasteiger partial charge in [-0.15, -0.1) is 0 Å². The predicted molar refractivity (Wildman–Crippen MR) is 49.6 cm³/mol. The van der Waals surface area contributed by atoms with Gasteiger partial charge in [-0.25, -0.2) is 22.3 Å². The summed E-state index contributed by atoms with van der Waals surface area (Å²) in [7, 11) is -3.94. The van der Waals surface area contributed by atoms with E-state index in [-0.39, 0.29) is 15.8 Å². The molecule has 2 rings (SSSR count). The molecule has 0 fully saturated rings. The van der Waals surface area contributed by atoms with E-state index in [2.05, 4.69) is 4.98 Å². The first-order chi connectivity index (χ1) is 6.91. The zero-order chi connectivity index (χ0) is 11.2. The van der Waals surface area contributed by atoms with Gasteiger partial charge in [0.15, 0.2) is 11.6 Å². The molecule has 7 heteroatoms. The van der Waals surface area contributed by atoms with Gasteiger partial charge in [0.05, 0.1) is 5.52 Å². The van der Waals surface area contributed by atoms with Crippen molar-refractivity contribution in [3.05, 3.63) is 30.0 Å². The number of benzene rings is 1. The van der Waals surface area contributed by atoms with E-state index in [0.29, 0.717) is 0 Å². The van der Waals surface area contributed by atoms with Crippen molar-refractivity contribution in [3.63, 3.8) is 0 Å². The second-order valence-electron chi connectivity index (χ2n) is 2.98. The lowest BCUT2D eigenvalue weighted by Gasteiger charge is -1.96. The molecule has 0 radical (unpaired) electrons. The summed E-state index contributed by atoms with van der Waals surface area (Å²) in [6.07, 6.45) is 1.03. The Hall–Kier alpha value is -1.47. The highest BCUT2D eigenvalue weighted by atomic mass is 32.2. The Kier molecular flexibility index (Phi) is 2.02. The van der Waals surface area contributed by atoms with Gasteiger partial charge in [0.1, 0.15) is 4.90 Å². The van der Waals surface area contributed by atoms with Crippen LogP contribution in [0.5, 0.6) is 0 Å². The Morgan fingerprint density at radius 1 is 1.27 bits per heavy atom. The predicted octanol–water partition coefficient (Wildman–Crippen LogP) is 1.09. The highest BCUT2D eigenvalue weighted by molar-refractivity contribution is 7.89. The SMILES string of the molecule is NS(=O)(=O)c1c[nH]c2c(F)c(F)ccc12. The van der Waals surface area contributed by atoms with E-state index < -0.39 is 21.7 Å². The van der Waals surface area contributed by atoms with Gasteiger partial charge in [-0.1, -0.05) is 0 Å². The van der Waals surface area contributed by atoms with Crippen molar-refractivity contribution in [1.82, 2.24) is 4.98 Å². The van der Waals surface area contributed by atoms with Crippen LogP contribution in [0.2, 0.25) is 0 Å². The lowest BCUT2D eigenvalue weighted by atomic mass is 10.2. The molecule has 1 aromatic heterocycles. The molecule has 0 unspecified atom stereocenters. The molecule has 0 atom stereocenters. The van der Waals surface area contributed by atoms with Crippen LogP contribution < -0.4 is 5.14 Å². The van der Waals surface area contributed by atoms with Gasteiger partial charge in [0, 0.05) is 11.6 Å². The van der Waals surface area contributed by atoms with Gasteiger partial charge < -0.3 is 4.98 Å². The number of primary sulfonamides is 1. The number of aromatic nitrogens is 1. The average Bonchev–Trinajstić information content (AvgIpc) is 2.54. The summed E-state index contributed by atoms with van der Waals surface area (Å²) in [5, 5.41) is 4.93. The summed E-state index contributed by atoms with van der Waals surface area (Å²) < 4.78 is 48.0. The van der Waals surface area contributed by atoms with Crippen LogP contribution in [0.4, 0.5) is 8.78 Å². The van der Waals surface area contributed by atoms with Crippen LogP contribution in [0.1, 0.15) is 0 Å². The largest absolute Gasteiger partial charge is 0.357 e. The third-order valence-corrected chi connectivity index (χ3v) is 2.97. The van der Waals surface area contributed by atoms with E-state index in [9.17, 15) is 17.2 Å². The average molecular weight is 232 g/mol. The van der Waals surface area contributed by atoms with Gasteiger partial charge in [0.2, 0.25) is 10.0 Å². The Morgan fingerprint density at radius 2 is 1.93 bits per heavy atom. The maximum absolute atomic E-state index is 13.2. The van der Waals surface area contributed by atoms with Crippen molar-refractivity contribution in [2.75, 3.05) is 0 Å². The molecular formula is C8H6F2N2O2S. The lowest BCUT2D eigenvalue weighted by Crippen LogP contribution is -2.11. The van der Waals surface area contributed by atoms with Crippen LogP contribution in [-0.4, -0.2) is 13.4 Å². The van der Waals surface area contributed by atoms with Gasteiger partial charge >= 0.3 is 0 Å². The van der Waals surface area contributed by atoms with E-state index in [1.165, 1.54) is 0 Å². The Balaban J connectivity index is 2.90. The number of H-pyrrole nitrogens is 1. The molecule has 4 nitrogen and oxygen atoms in total. The quantitative estimate of drug-likeness (QED) is 0.772. The fourth-order valence-electron chi connectivity index (χ4n) is 1.35. The molecule has 80 valence electrons. The summed E-state index contributed by atoms with van der Waals surface area (Å²) in [4.78, 5) is 2.08. The highest BCUT2D eigenvalue weighted by Crippen LogP contribution is 2.25. The van der Waals surface area contributed by atoms with Gasteiger partial charge in [0.25, 0.3) is 0 Å². The summed E-state index contributed by atoms with van der Waals surface area (Å²) in [5.41, 5.74) is -0.209. The maximum Gasteiger partial charge on any atom is 0.240 e. The molecule has 0 aliphatic rings. The first-order valence-corrected chi connectivity index (χ1v) is 5.44. The first kappa shape index (κ1) is 10.1. The second-order valence-corrected chi connectivity index (χ2v) is 4.51. The molecule has 0 amide bonds. The molecule has 0 aliphatic carbocycles. The molecule has 15 heavy (non-hydrogen) atoms. The molecular weight excluding hydrogens is 226 g/mol. The van der Waals surface area contributed by atoms with Crippen molar-refractivity contribution in [3.8, 4) is 0 Å². The summed E-state index contributed by atoms with van der Waals surface area (Å²) in [6, 6.07) is 2.00. The van der Waals surface area contributed by atoms with Gasteiger partial charge in [-0.2, -0.15) is 0 Å². The number of aromatic amines is 1. The van der Waals surface area contributed by atoms with Crippen molar-refractivity contribution >= 4 is 20.9 Å². The lowest BCUT2D eigenvalue weighted by molar-refractivity contribution is 0.515. The minimum absolute atomic E-state index is 0.0383. The van der Waals surface area contributed by atoms with Crippen molar-refractivity contribution in [2.45, 2.75) is 4.90 Å². The minimum atomic E-state index is -3.94. The maximum atomic E-state index is 13.2. The number of hydrogen-bond donors (Lipinski definition) is 2. The molecule has 0 saturated carbocycles. The van der Waals surface area contributed by atoms with Crippen LogP contribution >= 0.6 is 0 Å². The third-order valence-electron chi connectivity index (χ3n) is 2.01. The normalized spacial score (nSPS) is 12.2. The van der Waals surface area contributed by atoms with Gasteiger partial charge in [-0.05, 0) is 12.1 Å². The first-order valence-electron chi connectivity index (χ1n) is 3.89. The number of nitrogens with one attached hydrogen (secondary N) is 1. The van der Waals surface area contributed by atoms with Crippen molar-refractivity contribution in [2.24, 2.45) is 5.14 Å². The molecule has 1 heterocycles. The number of rotatable bonds is 1. The topological polar surface area (TPSA) is 76.0 Å². The fraction of sp³-hybridized carbons (Fsp3) is 0. The highest BCUT2D eigenvalue weighted by Gasteiger charge is 2.17. The van der Waals surface area contributed by atoms with E-state index in [1.807, 2.05) is 0 Å². The molecule has 2 aromatic rings.